The van der Waals surface area contributed by atoms with Crippen LogP contribution in [0.2, 0.25) is 0 Å². The largest absolute Gasteiger partial charge is 0.389 e. The molecular weight excluding hydrogens is 308 g/mol. The molecule has 4 rings (SSSR count). The lowest BCUT2D eigenvalue weighted by Gasteiger charge is -2.26. The van der Waals surface area contributed by atoms with Crippen LogP contribution in [-0.2, 0) is 0 Å². The van der Waals surface area contributed by atoms with E-state index in [4.69, 9.17) is 0 Å². The van der Waals surface area contributed by atoms with E-state index in [1.807, 2.05) is 13.0 Å². The van der Waals surface area contributed by atoms with Crippen LogP contribution in [0.1, 0.15) is 39.0 Å². The van der Waals surface area contributed by atoms with Crippen molar-refractivity contribution in [2.24, 2.45) is 17.8 Å². The number of rotatable bonds is 1. The van der Waals surface area contributed by atoms with Crippen LogP contribution in [0, 0.1) is 17.8 Å². The zero-order valence-corrected chi connectivity index (χ0v) is 14.9. The van der Waals surface area contributed by atoms with Crippen molar-refractivity contribution < 1.29 is 10.2 Å². The minimum Gasteiger partial charge on any atom is -0.389 e. The van der Waals surface area contributed by atoms with Gasteiger partial charge < -0.3 is 10.2 Å². The highest BCUT2D eigenvalue weighted by atomic mass is 16.3. The van der Waals surface area contributed by atoms with Crippen molar-refractivity contribution in [3.05, 3.63) is 70.9 Å². The second kappa shape index (κ2) is 6.93. The second-order valence-corrected chi connectivity index (χ2v) is 8.03. The molecule has 0 radical (unpaired) electrons. The van der Waals surface area contributed by atoms with E-state index < -0.39 is 6.10 Å². The quantitative estimate of drug-likeness (QED) is 0.697. The van der Waals surface area contributed by atoms with Gasteiger partial charge in [-0.05, 0) is 73.2 Å². The predicted octanol–water partition coefficient (Wildman–Crippen LogP) is 4.40. The molecule has 25 heavy (non-hydrogen) atoms. The molecule has 5 atom stereocenters. The van der Waals surface area contributed by atoms with Crippen molar-refractivity contribution >= 4 is 0 Å². The Morgan fingerprint density at radius 3 is 2.72 bits per heavy atom. The average Bonchev–Trinajstić information content (AvgIpc) is 2.92. The summed E-state index contributed by atoms with van der Waals surface area (Å²) in [4.78, 5) is 0. The molecule has 0 amide bonds. The standard InChI is InChI=1S/C23H28O2/c1-15-5-6-16-7-8-18-4-2-3-17(12-20(18)11-16)13-22(23(15)25)19-9-10-21(24)14-19/h4-10,13,17,19-21,23-25H,2-3,11-12,14H2,1H3/b15-5-,16-6-,22-13-. The van der Waals surface area contributed by atoms with E-state index >= 15 is 0 Å². The van der Waals surface area contributed by atoms with Gasteiger partial charge in [-0.25, -0.2) is 0 Å². The van der Waals surface area contributed by atoms with Crippen LogP contribution in [0.5, 0.6) is 0 Å². The fourth-order valence-electron chi connectivity index (χ4n) is 4.70. The molecule has 2 heteroatoms. The lowest BCUT2D eigenvalue weighted by atomic mass is 9.80. The third kappa shape index (κ3) is 3.51. The van der Waals surface area contributed by atoms with E-state index in [0.29, 0.717) is 18.3 Å². The monoisotopic (exact) mass is 336 g/mol. The van der Waals surface area contributed by atoms with Gasteiger partial charge in [0, 0.05) is 5.92 Å². The molecule has 0 aliphatic heterocycles. The van der Waals surface area contributed by atoms with Gasteiger partial charge >= 0.3 is 0 Å². The Kier molecular flexibility index (Phi) is 4.66. The molecular formula is C23H28O2. The summed E-state index contributed by atoms with van der Waals surface area (Å²) in [6, 6.07) is 0. The van der Waals surface area contributed by atoms with Crippen LogP contribution in [0.15, 0.2) is 70.9 Å². The lowest BCUT2D eigenvalue weighted by Crippen LogP contribution is -2.20. The molecule has 132 valence electrons. The zero-order valence-electron chi connectivity index (χ0n) is 14.9. The first-order valence-electron chi connectivity index (χ1n) is 9.61. The first kappa shape index (κ1) is 16.8. The van der Waals surface area contributed by atoms with Gasteiger partial charge in [-0.3, -0.25) is 0 Å². The third-order valence-corrected chi connectivity index (χ3v) is 6.17. The first-order valence-corrected chi connectivity index (χ1v) is 9.61. The van der Waals surface area contributed by atoms with Crippen molar-refractivity contribution in [2.45, 2.75) is 51.2 Å². The zero-order chi connectivity index (χ0) is 17.4. The van der Waals surface area contributed by atoms with E-state index in [1.54, 1.807) is 0 Å². The molecule has 0 saturated carbocycles. The van der Waals surface area contributed by atoms with Crippen molar-refractivity contribution in [1.29, 1.82) is 0 Å². The van der Waals surface area contributed by atoms with Crippen LogP contribution in [0.25, 0.3) is 0 Å². The molecule has 4 aliphatic carbocycles. The van der Waals surface area contributed by atoms with Gasteiger partial charge in [-0.15, -0.1) is 0 Å². The molecule has 0 saturated heterocycles. The molecule has 0 aromatic rings. The maximum Gasteiger partial charge on any atom is 0.0967 e. The summed E-state index contributed by atoms with van der Waals surface area (Å²) in [5.41, 5.74) is 4.91. The van der Waals surface area contributed by atoms with Gasteiger partial charge in [0.1, 0.15) is 0 Å². The number of hydrogen-bond donors (Lipinski definition) is 2. The average molecular weight is 336 g/mol. The summed E-state index contributed by atoms with van der Waals surface area (Å²) in [5, 5.41) is 20.9. The maximum absolute atomic E-state index is 11.0. The number of hydrogen-bond acceptors (Lipinski definition) is 2. The molecule has 5 unspecified atom stereocenters. The fourth-order valence-corrected chi connectivity index (χ4v) is 4.70. The normalized spacial score (nSPS) is 43.9. The second-order valence-electron chi connectivity index (χ2n) is 8.03. The Labute approximate surface area is 150 Å². The molecule has 3 bridgehead atoms. The van der Waals surface area contributed by atoms with Crippen LogP contribution < -0.4 is 0 Å². The number of aliphatic hydroxyl groups excluding tert-OH is 2. The number of allylic oxidation sites excluding steroid dienone is 9. The van der Waals surface area contributed by atoms with E-state index in [0.717, 1.165) is 36.8 Å². The summed E-state index contributed by atoms with van der Waals surface area (Å²) >= 11 is 0. The highest BCUT2D eigenvalue weighted by Crippen LogP contribution is 2.40. The number of fused-ring (bicyclic) bond motifs is 2. The summed E-state index contributed by atoms with van der Waals surface area (Å²) in [7, 11) is 0. The SMILES string of the molecule is C/C1=C/C=C2/C=CC3=CCCC(/C=C(/C4C=CC(O)C4)C1O)CC3C2. The topological polar surface area (TPSA) is 40.5 Å². The van der Waals surface area contributed by atoms with Gasteiger partial charge in [0.05, 0.1) is 12.2 Å². The van der Waals surface area contributed by atoms with E-state index in [2.05, 4.69) is 42.5 Å². The van der Waals surface area contributed by atoms with E-state index in [1.165, 1.54) is 11.1 Å². The minimum atomic E-state index is -0.561. The molecule has 0 fully saturated rings. The van der Waals surface area contributed by atoms with Gasteiger partial charge in [0.15, 0.2) is 0 Å². The summed E-state index contributed by atoms with van der Waals surface area (Å²) in [5.74, 6) is 1.23. The molecule has 2 nitrogen and oxygen atoms in total. The van der Waals surface area contributed by atoms with Crippen LogP contribution in [0.4, 0.5) is 0 Å². The van der Waals surface area contributed by atoms with Crippen molar-refractivity contribution in [2.75, 3.05) is 0 Å². The Morgan fingerprint density at radius 1 is 1.04 bits per heavy atom. The van der Waals surface area contributed by atoms with Gasteiger partial charge in [0.2, 0.25) is 0 Å². The summed E-state index contributed by atoms with van der Waals surface area (Å²) in [6.45, 7) is 2.01. The van der Waals surface area contributed by atoms with Crippen LogP contribution in [0.3, 0.4) is 0 Å². The van der Waals surface area contributed by atoms with Crippen molar-refractivity contribution in [3.8, 4) is 0 Å². The summed E-state index contributed by atoms with van der Waals surface area (Å²) < 4.78 is 0. The Balaban J connectivity index is 1.75. The number of aliphatic hydroxyl groups is 2. The van der Waals surface area contributed by atoms with Crippen LogP contribution in [-0.4, -0.2) is 22.4 Å². The smallest absolute Gasteiger partial charge is 0.0967 e. The Bertz CT molecular complexity index is 716. The van der Waals surface area contributed by atoms with Gasteiger partial charge in [-0.1, -0.05) is 48.6 Å². The highest BCUT2D eigenvalue weighted by Gasteiger charge is 2.29. The van der Waals surface area contributed by atoms with E-state index in [9.17, 15) is 10.2 Å². The van der Waals surface area contributed by atoms with Crippen molar-refractivity contribution in [3.63, 3.8) is 0 Å². The van der Waals surface area contributed by atoms with E-state index in [-0.39, 0.29) is 12.0 Å². The van der Waals surface area contributed by atoms with Gasteiger partial charge in [0.25, 0.3) is 0 Å². The molecule has 2 N–H and O–H groups in total. The maximum atomic E-state index is 11.0. The fraction of sp³-hybridized carbons (Fsp3) is 0.478. The van der Waals surface area contributed by atoms with Crippen molar-refractivity contribution in [1.82, 2.24) is 0 Å². The Hall–Kier alpha value is -1.64. The lowest BCUT2D eigenvalue weighted by molar-refractivity contribution is 0.200. The Morgan fingerprint density at radius 2 is 1.92 bits per heavy atom. The molecule has 0 heterocycles. The minimum absolute atomic E-state index is 0.148. The first-order chi connectivity index (χ1) is 12.1. The third-order valence-electron chi connectivity index (χ3n) is 6.17. The molecule has 0 aromatic carbocycles. The van der Waals surface area contributed by atoms with Crippen LogP contribution >= 0.6 is 0 Å². The molecule has 0 aromatic heterocycles. The summed E-state index contributed by atoms with van der Waals surface area (Å²) in [6.07, 6.45) is 21.7. The molecule has 0 spiro atoms. The highest BCUT2D eigenvalue weighted by molar-refractivity contribution is 5.41. The van der Waals surface area contributed by atoms with Gasteiger partial charge in [-0.2, -0.15) is 0 Å². The molecule has 4 aliphatic rings. The predicted molar refractivity (Wildman–Crippen MR) is 102 cm³/mol.